The number of carbonyl (C=O) groups is 2. The van der Waals surface area contributed by atoms with Crippen LogP contribution in [0.15, 0.2) is 48.7 Å². The zero-order chi connectivity index (χ0) is 24.0. The Kier molecular flexibility index (Phi) is 7.70. The molecular weight excluding hydrogens is 453 g/mol. The lowest BCUT2D eigenvalue weighted by molar-refractivity contribution is -0.137. The fourth-order valence-electron chi connectivity index (χ4n) is 3.22. The van der Waals surface area contributed by atoms with Gasteiger partial charge in [0.25, 0.3) is 0 Å². The normalized spacial score (nSPS) is 12.4. The smallest absolute Gasteiger partial charge is 0.370 e. The van der Waals surface area contributed by atoms with Crippen molar-refractivity contribution in [2.45, 2.75) is 32.4 Å². The summed E-state index contributed by atoms with van der Waals surface area (Å²) in [6.45, 7) is 1.98. The van der Waals surface area contributed by atoms with Gasteiger partial charge in [0.2, 0.25) is 11.8 Å². The van der Waals surface area contributed by atoms with Crippen LogP contribution >= 0.6 is 11.3 Å². The number of thiazole rings is 1. The second-order valence-electron chi connectivity index (χ2n) is 7.46. The number of nitrogens with one attached hydrogen (secondary N) is 2. The average molecular weight is 477 g/mol. The van der Waals surface area contributed by atoms with E-state index in [1.165, 1.54) is 30.4 Å². The highest BCUT2D eigenvalue weighted by Gasteiger charge is 2.29. The number of alkyl halides is 3. The molecule has 0 atom stereocenters. The van der Waals surface area contributed by atoms with Gasteiger partial charge in [-0.3, -0.25) is 9.59 Å². The lowest BCUT2D eigenvalue weighted by Crippen LogP contribution is -2.05. The van der Waals surface area contributed by atoms with Gasteiger partial charge < -0.3 is 16.4 Å². The van der Waals surface area contributed by atoms with Crippen LogP contribution in [0.2, 0.25) is 0 Å². The van der Waals surface area contributed by atoms with Crippen LogP contribution in [-0.2, 0) is 28.6 Å². The SMILES string of the molecule is CC(N)=O.O=C1Cc2cc(-c3cnc(NCCCc4ccc(C(F)(F)F)cc4)s3)ccc2N1. The molecule has 6 nitrogen and oxygen atoms in total. The van der Waals surface area contributed by atoms with Gasteiger partial charge in [0, 0.05) is 25.4 Å². The maximum absolute atomic E-state index is 12.6. The number of anilines is 2. The predicted octanol–water partition coefficient (Wildman–Crippen LogP) is 4.86. The number of hydrogen-bond donors (Lipinski definition) is 3. The predicted molar refractivity (Wildman–Crippen MR) is 123 cm³/mol. The van der Waals surface area contributed by atoms with Gasteiger partial charge in [0.05, 0.1) is 16.9 Å². The second-order valence-corrected chi connectivity index (χ2v) is 8.49. The van der Waals surface area contributed by atoms with E-state index in [1.54, 1.807) is 6.20 Å². The summed E-state index contributed by atoms with van der Waals surface area (Å²) in [5, 5.41) is 6.87. The summed E-state index contributed by atoms with van der Waals surface area (Å²) < 4.78 is 37.8. The minimum atomic E-state index is -4.30. The number of nitrogens with zero attached hydrogens (tertiary/aromatic N) is 1. The number of nitrogens with two attached hydrogens (primary N) is 1. The van der Waals surface area contributed by atoms with Crippen molar-refractivity contribution in [3.63, 3.8) is 0 Å². The van der Waals surface area contributed by atoms with Crippen LogP contribution in [0.1, 0.15) is 30.0 Å². The molecule has 4 rings (SSSR count). The first-order valence-corrected chi connectivity index (χ1v) is 11.0. The summed E-state index contributed by atoms with van der Waals surface area (Å²) in [6.07, 6.45) is -0.624. The first-order valence-electron chi connectivity index (χ1n) is 10.2. The molecule has 1 aromatic heterocycles. The lowest BCUT2D eigenvalue weighted by Gasteiger charge is -2.08. The Hall–Kier alpha value is -3.40. The molecule has 1 aliphatic rings. The molecule has 2 amide bonds. The van der Waals surface area contributed by atoms with Crippen LogP contribution in [0.4, 0.5) is 24.0 Å². The van der Waals surface area contributed by atoms with Crippen LogP contribution in [0.25, 0.3) is 10.4 Å². The molecule has 33 heavy (non-hydrogen) atoms. The van der Waals surface area contributed by atoms with E-state index in [1.807, 2.05) is 18.2 Å². The van der Waals surface area contributed by atoms with Crippen LogP contribution in [-0.4, -0.2) is 23.3 Å². The van der Waals surface area contributed by atoms with Gasteiger partial charge in [-0.25, -0.2) is 4.98 Å². The summed E-state index contributed by atoms with van der Waals surface area (Å²) >= 11 is 1.53. The quantitative estimate of drug-likeness (QED) is 0.443. The van der Waals surface area contributed by atoms with E-state index in [9.17, 15) is 22.8 Å². The zero-order valence-electron chi connectivity index (χ0n) is 17.8. The maximum Gasteiger partial charge on any atom is 0.416 e. The van der Waals surface area contributed by atoms with Crippen LogP contribution in [0, 0.1) is 0 Å². The van der Waals surface area contributed by atoms with Crippen LogP contribution < -0.4 is 16.4 Å². The molecule has 2 aromatic carbocycles. The monoisotopic (exact) mass is 476 g/mol. The molecule has 0 unspecified atom stereocenters. The fraction of sp³-hybridized carbons (Fsp3) is 0.261. The third-order valence-corrected chi connectivity index (χ3v) is 5.72. The molecule has 0 saturated carbocycles. The minimum Gasteiger partial charge on any atom is -0.370 e. The number of fused-ring (bicyclic) bond motifs is 1. The van der Waals surface area contributed by atoms with Crippen molar-refractivity contribution in [3.8, 4) is 10.4 Å². The number of aryl methyl sites for hydroxylation is 1. The average Bonchev–Trinajstić information content (AvgIpc) is 3.35. The van der Waals surface area contributed by atoms with Crippen LogP contribution in [0.3, 0.4) is 0 Å². The topological polar surface area (TPSA) is 97.1 Å². The van der Waals surface area contributed by atoms with Crippen molar-refractivity contribution in [1.82, 2.24) is 4.98 Å². The van der Waals surface area contributed by atoms with Crippen molar-refractivity contribution >= 4 is 34.0 Å². The highest BCUT2D eigenvalue weighted by atomic mass is 32.1. The summed E-state index contributed by atoms with van der Waals surface area (Å²) in [5.74, 6) is -0.322. The number of aromatic nitrogens is 1. The van der Waals surface area contributed by atoms with Crippen molar-refractivity contribution < 1.29 is 22.8 Å². The molecule has 0 radical (unpaired) electrons. The van der Waals surface area contributed by atoms with Crippen molar-refractivity contribution in [2.75, 3.05) is 17.2 Å². The molecule has 0 fully saturated rings. The molecule has 4 N–H and O–H groups in total. The number of hydrogen-bond acceptors (Lipinski definition) is 5. The standard InChI is InChI=1S/C21H18F3N3OS.C2H5NO/c22-21(23,24)16-6-3-13(4-7-16)2-1-9-25-20-26-12-18(29-20)14-5-8-17-15(10-14)11-19(28)27-17;1-2(3)4/h3-8,10,12H,1-2,9,11H2,(H,25,26)(H,27,28);1H3,(H2,3,4). The molecule has 174 valence electrons. The number of rotatable bonds is 6. The number of amides is 2. The van der Waals surface area contributed by atoms with Gasteiger partial charge in [-0.1, -0.05) is 29.5 Å². The van der Waals surface area contributed by atoms with E-state index in [0.29, 0.717) is 19.4 Å². The first kappa shape index (κ1) is 24.2. The molecule has 0 bridgehead atoms. The van der Waals surface area contributed by atoms with E-state index in [4.69, 9.17) is 0 Å². The molecule has 2 heterocycles. The Morgan fingerprint density at radius 2 is 1.91 bits per heavy atom. The second kappa shape index (κ2) is 10.5. The van der Waals surface area contributed by atoms with E-state index in [-0.39, 0.29) is 11.8 Å². The van der Waals surface area contributed by atoms with Crippen molar-refractivity contribution in [2.24, 2.45) is 5.73 Å². The molecule has 1 aliphatic heterocycles. The summed E-state index contributed by atoms with van der Waals surface area (Å²) in [7, 11) is 0. The Balaban J connectivity index is 0.000000709. The van der Waals surface area contributed by atoms with Gasteiger partial charge in [0.15, 0.2) is 5.13 Å². The Morgan fingerprint density at radius 1 is 1.21 bits per heavy atom. The zero-order valence-corrected chi connectivity index (χ0v) is 18.6. The van der Waals surface area contributed by atoms with Crippen LogP contribution in [0.5, 0.6) is 0 Å². The van der Waals surface area contributed by atoms with E-state index in [0.717, 1.165) is 50.9 Å². The maximum atomic E-state index is 12.6. The first-order chi connectivity index (χ1) is 15.6. The number of carbonyl (C=O) groups excluding carboxylic acids is 2. The van der Waals surface area contributed by atoms with E-state index >= 15 is 0 Å². The van der Waals surface area contributed by atoms with Gasteiger partial charge in [-0.15, -0.1) is 0 Å². The Bertz CT molecular complexity index is 1120. The summed E-state index contributed by atoms with van der Waals surface area (Å²) in [5.41, 5.74) is 7.61. The summed E-state index contributed by atoms with van der Waals surface area (Å²) in [4.78, 5) is 26.1. The highest BCUT2D eigenvalue weighted by molar-refractivity contribution is 7.18. The summed E-state index contributed by atoms with van der Waals surface area (Å²) in [6, 6.07) is 11.2. The van der Waals surface area contributed by atoms with Gasteiger partial charge in [-0.05, 0) is 53.8 Å². The number of primary amides is 1. The largest absolute Gasteiger partial charge is 0.416 e. The molecule has 10 heteroatoms. The molecule has 3 aromatic rings. The molecule has 0 spiro atoms. The number of halogens is 3. The Morgan fingerprint density at radius 3 is 2.58 bits per heavy atom. The third-order valence-electron chi connectivity index (χ3n) is 4.72. The van der Waals surface area contributed by atoms with Gasteiger partial charge in [-0.2, -0.15) is 13.2 Å². The molecule has 0 saturated heterocycles. The van der Waals surface area contributed by atoms with E-state index < -0.39 is 11.7 Å². The number of benzene rings is 2. The van der Waals surface area contributed by atoms with Gasteiger partial charge >= 0.3 is 6.18 Å². The van der Waals surface area contributed by atoms with Crippen molar-refractivity contribution in [1.29, 1.82) is 0 Å². The third kappa shape index (κ3) is 7.04. The van der Waals surface area contributed by atoms with Crippen molar-refractivity contribution in [3.05, 3.63) is 65.4 Å². The molecule has 0 aliphatic carbocycles. The van der Waals surface area contributed by atoms with Gasteiger partial charge in [0.1, 0.15) is 0 Å². The molecular formula is C23H23F3N4O2S. The Labute approximate surface area is 193 Å². The lowest BCUT2D eigenvalue weighted by atomic mass is 10.1. The minimum absolute atomic E-state index is 0.0110. The highest BCUT2D eigenvalue weighted by Crippen LogP contribution is 2.33. The fourth-order valence-corrected chi connectivity index (χ4v) is 4.06. The van der Waals surface area contributed by atoms with E-state index in [2.05, 4.69) is 21.4 Å².